The number of halogens is 1. The number of Topliss-reactive ketones (excluding diaryl/α,β-unsaturated/α-hetero) is 1. The third-order valence-corrected chi connectivity index (χ3v) is 2.97. The summed E-state index contributed by atoms with van der Waals surface area (Å²) in [6.45, 7) is 1.61. The standard InChI is InChI=1S/C14H18FNO3/c1-9-8-10(4-5-11(9)15)14(18)12(16-2)6-7-13(17)19-3/h4-5,8,12,16H,6-7H2,1-3H3. The quantitative estimate of drug-likeness (QED) is 0.631. The maximum atomic E-state index is 13.2. The summed E-state index contributed by atoms with van der Waals surface area (Å²) in [7, 11) is 2.96. The molecule has 0 aliphatic heterocycles. The van der Waals surface area contributed by atoms with Gasteiger partial charge in [-0.05, 0) is 44.2 Å². The Morgan fingerprint density at radius 3 is 2.63 bits per heavy atom. The zero-order valence-electron chi connectivity index (χ0n) is 11.3. The predicted molar refractivity (Wildman–Crippen MR) is 69.6 cm³/mol. The van der Waals surface area contributed by atoms with Gasteiger partial charge in [-0.2, -0.15) is 0 Å². The molecule has 0 saturated carbocycles. The first-order valence-electron chi connectivity index (χ1n) is 6.04. The van der Waals surface area contributed by atoms with E-state index in [1.807, 2.05) is 0 Å². The average Bonchev–Trinajstić information content (AvgIpc) is 2.41. The first-order chi connectivity index (χ1) is 8.99. The molecule has 0 heterocycles. The molecule has 5 heteroatoms. The minimum absolute atomic E-state index is 0.158. The Labute approximate surface area is 112 Å². The maximum absolute atomic E-state index is 13.2. The molecule has 1 aromatic rings. The molecule has 0 bridgehead atoms. The van der Waals surface area contributed by atoms with E-state index in [9.17, 15) is 14.0 Å². The van der Waals surface area contributed by atoms with Crippen molar-refractivity contribution in [3.63, 3.8) is 0 Å². The SMILES string of the molecule is CNC(CCC(=O)OC)C(=O)c1ccc(F)c(C)c1. The van der Waals surface area contributed by atoms with Crippen molar-refractivity contribution in [1.29, 1.82) is 0 Å². The molecule has 0 fully saturated rings. The highest BCUT2D eigenvalue weighted by atomic mass is 19.1. The van der Waals surface area contributed by atoms with Gasteiger partial charge in [0.1, 0.15) is 5.82 Å². The minimum atomic E-state index is -0.482. The van der Waals surface area contributed by atoms with Gasteiger partial charge in [-0.1, -0.05) is 0 Å². The molecule has 0 aliphatic rings. The molecule has 0 radical (unpaired) electrons. The number of carbonyl (C=O) groups is 2. The number of methoxy groups -OCH3 is 1. The number of hydrogen-bond acceptors (Lipinski definition) is 4. The zero-order valence-corrected chi connectivity index (χ0v) is 11.3. The van der Waals surface area contributed by atoms with Crippen LogP contribution in [0.4, 0.5) is 4.39 Å². The number of rotatable bonds is 6. The molecule has 4 nitrogen and oxygen atoms in total. The second-order valence-electron chi connectivity index (χ2n) is 4.28. The van der Waals surface area contributed by atoms with E-state index < -0.39 is 6.04 Å². The number of ketones is 1. The van der Waals surface area contributed by atoms with Gasteiger partial charge in [0.25, 0.3) is 0 Å². The summed E-state index contributed by atoms with van der Waals surface area (Å²) in [5.74, 6) is -0.857. The number of nitrogens with one attached hydrogen (secondary N) is 1. The lowest BCUT2D eigenvalue weighted by Crippen LogP contribution is -2.34. The van der Waals surface area contributed by atoms with Crippen molar-refractivity contribution in [1.82, 2.24) is 5.32 Å². The number of hydrogen-bond donors (Lipinski definition) is 1. The number of ether oxygens (including phenoxy) is 1. The Balaban J connectivity index is 2.77. The van der Waals surface area contributed by atoms with Crippen LogP contribution in [0, 0.1) is 12.7 Å². The Morgan fingerprint density at radius 1 is 1.42 bits per heavy atom. The molecule has 104 valence electrons. The fourth-order valence-electron chi connectivity index (χ4n) is 1.77. The molecule has 0 aromatic heterocycles. The van der Waals surface area contributed by atoms with Crippen LogP contribution < -0.4 is 5.32 Å². The minimum Gasteiger partial charge on any atom is -0.469 e. The lowest BCUT2D eigenvalue weighted by Gasteiger charge is -2.14. The van der Waals surface area contributed by atoms with Gasteiger partial charge in [-0.15, -0.1) is 0 Å². The van der Waals surface area contributed by atoms with Gasteiger partial charge in [0.05, 0.1) is 13.2 Å². The molecule has 1 rings (SSSR count). The van der Waals surface area contributed by atoms with Gasteiger partial charge in [-0.3, -0.25) is 9.59 Å². The molecule has 1 N–H and O–H groups in total. The first kappa shape index (κ1) is 15.3. The summed E-state index contributed by atoms with van der Waals surface area (Å²) in [5, 5.41) is 2.86. The van der Waals surface area contributed by atoms with E-state index in [-0.39, 0.29) is 24.0 Å². The monoisotopic (exact) mass is 267 g/mol. The van der Waals surface area contributed by atoms with Crippen LogP contribution in [-0.4, -0.2) is 32.0 Å². The van der Waals surface area contributed by atoms with E-state index >= 15 is 0 Å². The van der Waals surface area contributed by atoms with Gasteiger partial charge in [0.15, 0.2) is 5.78 Å². The number of esters is 1. The molecule has 0 amide bonds. The van der Waals surface area contributed by atoms with Crippen molar-refractivity contribution in [3.8, 4) is 0 Å². The lowest BCUT2D eigenvalue weighted by atomic mass is 9.99. The van der Waals surface area contributed by atoms with E-state index in [1.54, 1.807) is 14.0 Å². The van der Waals surface area contributed by atoms with E-state index in [0.717, 1.165) is 0 Å². The Bertz CT molecular complexity index is 474. The summed E-state index contributed by atoms with van der Waals surface area (Å²) in [6, 6.07) is 3.76. The largest absolute Gasteiger partial charge is 0.469 e. The normalized spacial score (nSPS) is 12.0. The van der Waals surface area contributed by atoms with Crippen LogP contribution in [0.25, 0.3) is 0 Å². The molecule has 0 spiro atoms. The highest BCUT2D eigenvalue weighted by molar-refractivity contribution is 6.00. The van der Waals surface area contributed by atoms with Crippen molar-refractivity contribution < 1.29 is 18.7 Å². The van der Waals surface area contributed by atoms with Crippen molar-refractivity contribution in [2.75, 3.05) is 14.2 Å². The van der Waals surface area contributed by atoms with Gasteiger partial charge < -0.3 is 10.1 Å². The van der Waals surface area contributed by atoms with Crippen LogP contribution in [-0.2, 0) is 9.53 Å². The van der Waals surface area contributed by atoms with Gasteiger partial charge in [0.2, 0.25) is 0 Å². The lowest BCUT2D eigenvalue weighted by molar-refractivity contribution is -0.140. The second kappa shape index (κ2) is 6.99. The van der Waals surface area contributed by atoms with Crippen LogP contribution in [0.3, 0.4) is 0 Å². The molecule has 1 unspecified atom stereocenters. The Kier molecular flexibility index (Phi) is 5.63. The fraction of sp³-hybridized carbons (Fsp3) is 0.429. The molecule has 1 atom stereocenters. The third kappa shape index (κ3) is 4.13. The van der Waals surface area contributed by atoms with Crippen molar-refractivity contribution >= 4 is 11.8 Å². The molecular formula is C14H18FNO3. The second-order valence-corrected chi connectivity index (χ2v) is 4.28. The molecule has 0 saturated heterocycles. The zero-order chi connectivity index (χ0) is 14.4. The van der Waals surface area contributed by atoms with Crippen LogP contribution in [0.2, 0.25) is 0 Å². The van der Waals surface area contributed by atoms with E-state index in [2.05, 4.69) is 10.1 Å². The van der Waals surface area contributed by atoms with E-state index in [4.69, 9.17) is 0 Å². The van der Waals surface area contributed by atoms with Crippen molar-refractivity contribution in [3.05, 3.63) is 35.1 Å². The summed E-state index contributed by atoms with van der Waals surface area (Å²) in [6.07, 6.45) is 0.506. The Morgan fingerprint density at radius 2 is 2.11 bits per heavy atom. The van der Waals surface area contributed by atoms with Crippen molar-refractivity contribution in [2.24, 2.45) is 0 Å². The number of carbonyl (C=O) groups excluding carboxylic acids is 2. The summed E-state index contributed by atoms with van der Waals surface area (Å²) in [5.41, 5.74) is 0.858. The molecule has 19 heavy (non-hydrogen) atoms. The molecule has 0 aliphatic carbocycles. The average molecular weight is 267 g/mol. The Hall–Kier alpha value is -1.75. The van der Waals surface area contributed by atoms with Crippen molar-refractivity contribution in [2.45, 2.75) is 25.8 Å². The topological polar surface area (TPSA) is 55.4 Å². The first-order valence-corrected chi connectivity index (χ1v) is 6.04. The highest BCUT2D eigenvalue weighted by Crippen LogP contribution is 2.13. The van der Waals surface area contributed by atoms with Crippen LogP contribution >= 0.6 is 0 Å². The van der Waals surface area contributed by atoms with Crippen LogP contribution in [0.5, 0.6) is 0 Å². The van der Waals surface area contributed by atoms with Gasteiger partial charge in [0, 0.05) is 12.0 Å². The number of benzene rings is 1. The molecule has 1 aromatic carbocycles. The van der Waals surface area contributed by atoms with Crippen LogP contribution in [0.1, 0.15) is 28.8 Å². The number of aryl methyl sites for hydroxylation is 1. The summed E-state index contributed by atoms with van der Waals surface area (Å²) >= 11 is 0. The summed E-state index contributed by atoms with van der Waals surface area (Å²) < 4.78 is 17.7. The van der Waals surface area contributed by atoms with E-state index in [0.29, 0.717) is 17.5 Å². The van der Waals surface area contributed by atoms with Gasteiger partial charge >= 0.3 is 5.97 Å². The van der Waals surface area contributed by atoms with E-state index in [1.165, 1.54) is 25.3 Å². The smallest absolute Gasteiger partial charge is 0.305 e. The fourth-order valence-corrected chi connectivity index (χ4v) is 1.77. The number of likely N-dealkylation sites (N-methyl/N-ethyl adjacent to an activating group) is 1. The predicted octanol–water partition coefficient (Wildman–Crippen LogP) is 1.86. The van der Waals surface area contributed by atoms with Crippen LogP contribution in [0.15, 0.2) is 18.2 Å². The summed E-state index contributed by atoms with van der Waals surface area (Å²) in [4.78, 5) is 23.3. The highest BCUT2D eigenvalue weighted by Gasteiger charge is 2.20. The molecular weight excluding hydrogens is 249 g/mol. The van der Waals surface area contributed by atoms with Gasteiger partial charge in [-0.25, -0.2) is 4.39 Å². The third-order valence-electron chi connectivity index (χ3n) is 2.97. The maximum Gasteiger partial charge on any atom is 0.305 e.